The van der Waals surface area contributed by atoms with E-state index in [4.69, 9.17) is 14.6 Å². The van der Waals surface area contributed by atoms with Crippen LogP contribution in [0.4, 0.5) is 4.79 Å². The second-order valence-electron chi connectivity index (χ2n) is 8.38. The average Bonchev–Trinajstić information content (AvgIpc) is 3.09. The summed E-state index contributed by atoms with van der Waals surface area (Å²) in [5, 5.41) is 11.7. The molecule has 2 aromatic carbocycles. The summed E-state index contributed by atoms with van der Waals surface area (Å²) >= 11 is 0. The molecule has 166 valence electrons. The van der Waals surface area contributed by atoms with Gasteiger partial charge in [0.2, 0.25) is 0 Å². The molecule has 6 heteroatoms. The summed E-state index contributed by atoms with van der Waals surface area (Å²) in [6.45, 7) is 6.25. The summed E-state index contributed by atoms with van der Waals surface area (Å²) in [7, 11) is 0. The van der Waals surface area contributed by atoms with Crippen LogP contribution >= 0.6 is 0 Å². The lowest BCUT2D eigenvalue weighted by Crippen LogP contribution is -2.40. The van der Waals surface area contributed by atoms with E-state index in [1.54, 1.807) is 0 Å². The van der Waals surface area contributed by atoms with Gasteiger partial charge in [0, 0.05) is 12.3 Å². The molecule has 2 atom stereocenters. The van der Waals surface area contributed by atoms with E-state index in [0.29, 0.717) is 12.8 Å². The van der Waals surface area contributed by atoms with Crippen LogP contribution in [-0.2, 0) is 14.3 Å². The third kappa shape index (κ3) is 5.64. The van der Waals surface area contributed by atoms with Crippen molar-refractivity contribution in [3.05, 3.63) is 59.7 Å². The van der Waals surface area contributed by atoms with Gasteiger partial charge in [-0.05, 0) is 48.9 Å². The van der Waals surface area contributed by atoms with Gasteiger partial charge in [-0.25, -0.2) is 4.79 Å². The molecule has 0 aliphatic heterocycles. The maximum atomic E-state index is 12.4. The minimum atomic E-state index is -0.840. The number of hydrogen-bond donors (Lipinski definition) is 2. The molecule has 0 radical (unpaired) electrons. The first-order chi connectivity index (χ1) is 14.8. The predicted octanol–water partition coefficient (Wildman–Crippen LogP) is 4.96. The van der Waals surface area contributed by atoms with Crippen molar-refractivity contribution >= 4 is 12.1 Å². The van der Waals surface area contributed by atoms with Gasteiger partial charge in [0.05, 0.1) is 18.2 Å². The molecular weight excluding hydrogens is 394 g/mol. The van der Waals surface area contributed by atoms with Crippen LogP contribution in [0.25, 0.3) is 11.1 Å². The second kappa shape index (κ2) is 9.96. The standard InChI is InChI=1S/C25H31NO5/c1-4-25(3,14-13-23(27)28)31-15-17(2)26-24(29)30-16-22-20-11-7-5-9-18(20)19-10-6-8-12-21(19)22/h5-12,17,22H,4,13-16H2,1-3H3,(H,26,29)(H,27,28). The normalized spacial score (nSPS) is 15.5. The third-order valence-electron chi connectivity index (χ3n) is 6.01. The number of carbonyl (C=O) groups excluding carboxylic acids is 1. The molecule has 0 saturated carbocycles. The lowest BCUT2D eigenvalue weighted by atomic mass is 9.96. The Morgan fingerprint density at radius 3 is 2.23 bits per heavy atom. The fourth-order valence-electron chi connectivity index (χ4n) is 3.93. The molecule has 2 unspecified atom stereocenters. The van der Waals surface area contributed by atoms with Crippen molar-refractivity contribution in [2.75, 3.05) is 13.2 Å². The number of rotatable bonds is 10. The molecule has 1 amide bonds. The molecule has 0 spiro atoms. The van der Waals surface area contributed by atoms with Crippen molar-refractivity contribution in [2.24, 2.45) is 0 Å². The van der Waals surface area contributed by atoms with E-state index < -0.39 is 17.7 Å². The largest absolute Gasteiger partial charge is 0.481 e. The van der Waals surface area contributed by atoms with Gasteiger partial charge in [0.25, 0.3) is 0 Å². The molecule has 0 bridgehead atoms. The van der Waals surface area contributed by atoms with Crippen molar-refractivity contribution in [2.45, 2.75) is 57.6 Å². The number of ether oxygens (including phenoxy) is 2. The van der Waals surface area contributed by atoms with Crippen LogP contribution in [-0.4, -0.2) is 42.0 Å². The SMILES string of the molecule is CCC(C)(CCC(=O)O)OCC(C)NC(=O)OCC1c2ccccc2-c2ccccc21. The van der Waals surface area contributed by atoms with Crippen LogP contribution < -0.4 is 5.32 Å². The van der Waals surface area contributed by atoms with E-state index in [9.17, 15) is 9.59 Å². The van der Waals surface area contributed by atoms with Gasteiger partial charge >= 0.3 is 12.1 Å². The van der Waals surface area contributed by atoms with E-state index >= 15 is 0 Å². The van der Waals surface area contributed by atoms with E-state index in [1.165, 1.54) is 22.3 Å². The first kappa shape index (κ1) is 22.8. The number of carbonyl (C=O) groups is 2. The van der Waals surface area contributed by atoms with Gasteiger partial charge in [-0.3, -0.25) is 4.79 Å². The van der Waals surface area contributed by atoms with Crippen LogP contribution in [0, 0.1) is 0 Å². The van der Waals surface area contributed by atoms with Crippen molar-refractivity contribution in [3.63, 3.8) is 0 Å². The topological polar surface area (TPSA) is 84.9 Å². The minimum absolute atomic E-state index is 0.0177. The van der Waals surface area contributed by atoms with Crippen molar-refractivity contribution < 1.29 is 24.2 Å². The molecule has 6 nitrogen and oxygen atoms in total. The number of hydrogen-bond acceptors (Lipinski definition) is 4. The number of nitrogens with one attached hydrogen (secondary N) is 1. The zero-order valence-electron chi connectivity index (χ0n) is 18.4. The fraction of sp³-hybridized carbons (Fsp3) is 0.440. The zero-order chi connectivity index (χ0) is 22.4. The van der Waals surface area contributed by atoms with E-state index in [-0.39, 0.29) is 31.6 Å². The Balaban J connectivity index is 1.52. The summed E-state index contributed by atoms with van der Waals surface area (Å²) in [5.74, 6) is -0.822. The molecule has 2 N–H and O–H groups in total. The highest BCUT2D eigenvalue weighted by Gasteiger charge is 2.29. The lowest BCUT2D eigenvalue weighted by Gasteiger charge is -2.30. The van der Waals surface area contributed by atoms with E-state index in [0.717, 1.165) is 0 Å². The molecule has 0 aromatic heterocycles. The highest BCUT2D eigenvalue weighted by molar-refractivity contribution is 5.79. The smallest absolute Gasteiger partial charge is 0.407 e. The summed E-state index contributed by atoms with van der Waals surface area (Å²) in [6, 6.07) is 16.2. The number of aliphatic carboxylic acids is 1. The maximum Gasteiger partial charge on any atom is 0.407 e. The number of benzene rings is 2. The Morgan fingerprint density at radius 1 is 1.10 bits per heavy atom. The molecular formula is C25H31NO5. The van der Waals surface area contributed by atoms with Gasteiger partial charge in [-0.1, -0.05) is 55.5 Å². The van der Waals surface area contributed by atoms with Gasteiger partial charge in [-0.2, -0.15) is 0 Å². The quantitative estimate of drug-likeness (QED) is 0.562. The van der Waals surface area contributed by atoms with Crippen LogP contribution in [0.3, 0.4) is 0 Å². The Kier molecular flexibility index (Phi) is 7.33. The highest BCUT2D eigenvalue weighted by Crippen LogP contribution is 2.44. The van der Waals surface area contributed by atoms with Crippen LogP contribution in [0.2, 0.25) is 0 Å². The molecule has 2 aromatic rings. The molecule has 0 fully saturated rings. The van der Waals surface area contributed by atoms with Gasteiger partial charge in [0.1, 0.15) is 6.61 Å². The molecule has 0 saturated heterocycles. The third-order valence-corrected chi connectivity index (χ3v) is 6.01. The van der Waals surface area contributed by atoms with Gasteiger partial charge in [-0.15, -0.1) is 0 Å². The zero-order valence-corrected chi connectivity index (χ0v) is 18.4. The Bertz CT molecular complexity index is 882. The van der Waals surface area contributed by atoms with E-state index in [2.05, 4.69) is 29.6 Å². The number of alkyl carbamates (subject to hydrolysis) is 1. The first-order valence-electron chi connectivity index (χ1n) is 10.8. The minimum Gasteiger partial charge on any atom is -0.481 e. The van der Waals surface area contributed by atoms with Gasteiger partial charge < -0.3 is 19.9 Å². The predicted molar refractivity (Wildman–Crippen MR) is 119 cm³/mol. The summed E-state index contributed by atoms with van der Waals surface area (Å²) in [5.41, 5.74) is 4.19. The molecule has 0 heterocycles. The summed E-state index contributed by atoms with van der Waals surface area (Å²) in [4.78, 5) is 23.2. The number of carboxylic acids is 1. The highest BCUT2D eigenvalue weighted by atomic mass is 16.5. The maximum absolute atomic E-state index is 12.4. The molecule has 1 aliphatic carbocycles. The van der Waals surface area contributed by atoms with Gasteiger partial charge in [0.15, 0.2) is 0 Å². The number of fused-ring (bicyclic) bond motifs is 3. The first-order valence-corrected chi connectivity index (χ1v) is 10.8. The second-order valence-corrected chi connectivity index (χ2v) is 8.38. The van der Waals surface area contributed by atoms with Crippen molar-refractivity contribution in [1.29, 1.82) is 0 Å². The number of amides is 1. The Hall–Kier alpha value is -2.86. The molecule has 1 aliphatic rings. The summed E-state index contributed by atoms with van der Waals surface area (Å²) in [6.07, 6.45) is 0.689. The Morgan fingerprint density at radius 2 is 1.68 bits per heavy atom. The Labute approximate surface area is 183 Å². The van der Waals surface area contributed by atoms with Crippen molar-refractivity contribution in [3.8, 4) is 11.1 Å². The summed E-state index contributed by atoms with van der Waals surface area (Å²) < 4.78 is 11.5. The van der Waals surface area contributed by atoms with Crippen LogP contribution in [0.5, 0.6) is 0 Å². The lowest BCUT2D eigenvalue weighted by molar-refractivity contribution is -0.139. The van der Waals surface area contributed by atoms with Crippen molar-refractivity contribution in [1.82, 2.24) is 5.32 Å². The fourth-order valence-corrected chi connectivity index (χ4v) is 3.93. The number of carboxylic acid groups (broad SMARTS) is 1. The van der Waals surface area contributed by atoms with E-state index in [1.807, 2.05) is 45.0 Å². The van der Waals surface area contributed by atoms with Crippen LogP contribution in [0.1, 0.15) is 57.1 Å². The average molecular weight is 426 g/mol. The molecule has 31 heavy (non-hydrogen) atoms. The van der Waals surface area contributed by atoms with Crippen LogP contribution in [0.15, 0.2) is 48.5 Å². The monoisotopic (exact) mass is 425 g/mol. The molecule has 3 rings (SSSR count).